The van der Waals surface area contributed by atoms with Gasteiger partial charge in [-0.15, -0.1) is 6.58 Å². The monoisotopic (exact) mass is 351 g/mol. The molecule has 1 aliphatic rings. The van der Waals surface area contributed by atoms with E-state index in [0.717, 1.165) is 4.74 Å². The summed E-state index contributed by atoms with van der Waals surface area (Å²) in [5, 5.41) is 23.5. The van der Waals surface area contributed by atoms with Crippen molar-refractivity contribution in [3.8, 4) is 0 Å². The highest BCUT2D eigenvalue weighted by Gasteiger charge is 2.49. The fourth-order valence-electron chi connectivity index (χ4n) is 2.50. The first-order valence-corrected chi connectivity index (χ1v) is 8.14. The molecule has 0 radical (unpaired) electrons. The van der Waals surface area contributed by atoms with Crippen LogP contribution in [0, 0.1) is 15.3 Å². The highest BCUT2D eigenvalue weighted by atomic mass is 32.2. The van der Waals surface area contributed by atoms with Crippen molar-refractivity contribution >= 4 is 40.2 Å². The second kappa shape index (κ2) is 6.67. The van der Waals surface area contributed by atoms with Gasteiger partial charge in [0.1, 0.15) is 9.07 Å². The topological polar surface area (TPSA) is 72.5 Å². The maximum Gasteiger partial charge on any atom is 0.270 e. The van der Waals surface area contributed by atoms with Gasteiger partial charge in [0.15, 0.2) is 6.21 Å². The van der Waals surface area contributed by atoms with E-state index in [2.05, 4.69) is 6.58 Å². The highest BCUT2D eigenvalue weighted by Crippen LogP contribution is 2.41. The van der Waals surface area contributed by atoms with Crippen LogP contribution in [0.2, 0.25) is 0 Å². The van der Waals surface area contributed by atoms with Crippen molar-refractivity contribution in [3.05, 3.63) is 57.8 Å². The Balaban J connectivity index is 2.38. The Morgan fingerprint density at radius 3 is 2.78 bits per heavy atom. The van der Waals surface area contributed by atoms with Crippen LogP contribution in [-0.4, -0.2) is 42.6 Å². The van der Waals surface area contributed by atoms with E-state index in [1.54, 1.807) is 18.2 Å². The van der Waals surface area contributed by atoms with Gasteiger partial charge in [-0.2, -0.15) is 4.74 Å². The summed E-state index contributed by atoms with van der Waals surface area (Å²) in [4.78, 5) is 12.2. The Morgan fingerprint density at radius 1 is 1.48 bits per heavy atom. The number of hydrogen-bond donors (Lipinski definition) is 0. The summed E-state index contributed by atoms with van der Waals surface area (Å²) in [5.74, 6) is 0. The molecule has 0 bridgehead atoms. The van der Waals surface area contributed by atoms with Gasteiger partial charge in [-0.3, -0.25) is 15.0 Å². The lowest BCUT2D eigenvalue weighted by Gasteiger charge is -2.29. The molecule has 1 atom stereocenters. The summed E-state index contributed by atoms with van der Waals surface area (Å²) in [6, 6.07) is 5.97. The molecular formula is C15H17N3O3S2. The zero-order valence-corrected chi connectivity index (χ0v) is 14.5. The van der Waals surface area contributed by atoms with Gasteiger partial charge in [0, 0.05) is 24.2 Å². The van der Waals surface area contributed by atoms with E-state index in [0.29, 0.717) is 16.4 Å². The second-order valence-corrected chi connectivity index (χ2v) is 7.92. The third kappa shape index (κ3) is 3.70. The van der Waals surface area contributed by atoms with Crippen molar-refractivity contribution in [3.63, 3.8) is 0 Å². The lowest BCUT2D eigenvalue weighted by Crippen LogP contribution is -2.47. The van der Waals surface area contributed by atoms with E-state index >= 15 is 0 Å². The Hall–Kier alpha value is -1.93. The smallest absolute Gasteiger partial charge is 0.270 e. The van der Waals surface area contributed by atoms with E-state index in [-0.39, 0.29) is 5.69 Å². The van der Waals surface area contributed by atoms with Crippen molar-refractivity contribution in [1.82, 2.24) is 4.90 Å². The normalized spacial score (nSPS) is 20.6. The van der Waals surface area contributed by atoms with Crippen LogP contribution in [0.3, 0.4) is 0 Å². The first kappa shape index (κ1) is 17.4. The molecular weight excluding hydrogens is 334 g/mol. The van der Waals surface area contributed by atoms with Gasteiger partial charge in [0.25, 0.3) is 11.9 Å². The minimum Gasteiger partial charge on any atom is -0.622 e. The molecule has 8 heteroatoms. The molecule has 0 aromatic heterocycles. The summed E-state index contributed by atoms with van der Waals surface area (Å²) < 4.78 is 1.06. The quantitative estimate of drug-likeness (QED) is 0.154. The number of nitro groups is 1. The van der Waals surface area contributed by atoms with Crippen LogP contribution in [0.15, 0.2) is 36.9 Å². The van der Waals surface area contributed by atoms with Gasteiger partial charge in [0.05, 0.1) is 4.92 Å². The van der Waals surface area contributed by atoms with Crippen LogP contribution in [0.1, 0.15) is 19.4 Å². The molecule has 1 saturated heterocycles. The average molecular weight is 351 g/mol. The molecule has 1 aromatic carbocycles. The fourth-order valence-corrected chi connectivity index (χ4v) is 4.40. The average Bonchev–Trinajstić information content (AvgIpc) is 2.68. The molecule has 0 aliphatic carbocycles. The SMILES string of the molecule is C=CCN1C(=S)SC(C)(C)C1/[N+]([O-])=C/c1cccc([N+](=O)[O-])c1. The predicted octanol–water partition coefficient (Wildman–Crippen LogP) is 3.15. The number of nitrogens with zero attached hydrogens (tertiary/aromatic N) is 3. The van der Waals surface area contributed by atoms with Crippen molar-refractivity contribution in [2.75, 3.05) is 6.54 Å². The third-order valence-corrected chi connectivity index (χ3v) is 5.06. The summed E-state index contributed by atoms with van der Waals surface area (Å²) in [7, 11) is 0. The number of nitro benzene ring substituents is 1. The Kier molecular flexibility index (Phi) is 5.06. The van der Waals surface area contributed by atoms with Crippen LogP contribution in [0.25, 0.3) is 0 Å². The van der Waals surface area contributed by atoms with E-state index in [4.69, 9.17) is 12.2 Å². The molecule has 1 heterocycles. The van der Waals surface area contributed by atoms with Crippen LogP contribution < -0.4 is 0 Å². The summed E-state index contributed by atoms with van der Waals surface area (Å²) in [6.07, 6.45) is 2.56. The number of rotatable bonds is 5. The van der Waals surface area contributed by atoms with Crippen molar-refractivity contribution < 1.29 is 9.66 Å². The molecule has 1 fully saturated rings. The minimum absolute atomic E-state index is 0.0503. The zero-order valence-electron chi connectivity index (χ0n) is 12.8. The predicted molar refractivity (Wildman–Crippen MR) is 96.8 cm³/mol. The largest absolute Gasteiger partial charge is 0.622 e. The summed E-state index contributed by atoms with van der Waals surface area (Å²) in [6.45, 7) is 8.07. The summed E-state index contributed by atoms with van der Waals surface area (Å²) >= 11 is 6.81. The van der Waals surface area contributed by atoms with Crippen LogP contribution >= 0.6 is 24.0 Å². The molecule has 0 N–H and O–H groups in total. The van der Waals surface area contributed by atoms with Gasteiger partial charge >= 0.3 is 0 Å². The Morgan fingerprint density at radius 2 is 2.17 bits per heavy atom. The van der Waals surface area contributed by atoms with Gasteiger partial charge in [0.2, 0.25) is 0 Å². The molecule has 6 nitrogen and oxygen atoms in total. The maximum atomic E-state index is 12.7. The first-order chi connectivity index (χ1) is 10.8. The molecule has 1 aromatic rings. The standard InChI is InChI=1S/C15H17N3O3S2/c1-4-8-16-13(15(2,3)23-14(16)22)17(19)10-11-6-5-7-12(9-11)18(20)21/h4-7,9-10,13H,1,8H2,2-3H3/b17-10-. The zero-order chi connectivity index (χ0) is 17.2. The minimum atomic E-state index is -0.503. The maximum absolute atomic E-state index is 12.7. The number of hydroxylamine groups is 1. The lowest BCUT2D eigenvalue weighted by atomic mass is 10.1. The van der Waals surface area contributed by atoms with Crippen molar-refractivity contribution in [1.29, 1.82) is 0 Å². The van der Waals surface area contributed by atoms with Crippen molar-refractivity contribution in [2.24, 2.45) is 0 Å². The van der Waals surface area contributed by atoms with E-state index in [9.17, 15) is 15.3 Å². The number of thiocarbonyl (C=S) groups is 1. The first-order valence-electron chi connectivity index (χ1n) is 6.91. The number of thioether (sulfide) groups is 1. The molecule has 2 rings (SSSR count). The third-order valence-electron chi connectivity index (χ3n) is 3.43. The molecule has 0 spiro atoms. The molecule has 23 heavy (non-hydrogen) atoms. The van der Waals surface area contributed by atoms with Gasteiger partial charge in [-0.1, -0.05) is 36.1 Å². The Bertz CT molecular complexity index is 688. The molecule has 1 aliphatic heterocycles. The fraction of sp³-hybridized carbons (Fsp3) is 0.333. The molecule has 1 unspecified atom stereocenters. The van der Waals surface area contributed by atoms with Gasteiger partial charge in [-0.25, -0.2) is 0 Å². The number of hydrogen-bond acceptors (Lipinski definition) is 5. The molecule has 0 amide bonds. The number of benzene rings is 1. The van der Waals surface area contributed by atoms with Gasteiger partial charge in [-0.05, 0) is 19.9 Å². The van der Waals surface area contributed by atoms with Crippen LogP contribution in [0.5, 0.6) is 0 Å². The van der Waals surface area contributed by atoms with Crippen LogP contribution in [0.4, 0.5) is 5.69 Å². The summed E-state index contributed by atoms with van der Waals surface area (Å²) in [5.41, 5.74) is 0.428. The second-order valence-electron chi connectivity index (χ2n) is 5.63. The van der Waals surface area contributed by atoms with E-state index in [1.165, 1.54) is 30.1 Å². The molecule has 122 valence electrons. The molecule has 0 saturated carbocycles. The Labute approximate surface area is 144 Å². The number of non-ortho nitro benzene ring substituents is 1. The van der Waals surface area contributed by atoms with E-state index in [1.807, 2.05) is 18.7 Å². The van der Waals surface area contributed by atoms with Crippen LogP contribution in [-0.2, 0) is 0 Å². The van der Waals surface area contributed by atoms with Crippen molar-refractivity contribution in [2.45, 2.75) is 24.8 Å². The lowest BCUT2D eigenvalue weighted by molar-refractivity contribution is -0.523. The van der Waals surface area contributed by atoms with Gasteiger partial charge < -0.3 is 5.21 Å². The van der Waals surface area contributed by atoms with E-state index < -0.39 is 15.8 Å². The highest BCUT2D eigenvalue weighted by molar-refractivity contribution is 8.24.